The number of benzene rings is 1. The summed E-state index contributed by atoms with van der Waals surface area (Å²) >= 11 is 1.19. The third-order valence-electron chi connectivity index (χ3n) is 4.27. The predicted octanol–water partition coefficient (Wildman–Crippen LogP) is 2.81. The molecule has 1 aromatic carbocycles. The second-order valence-corrected chi connectivity index (χ2v) is 7.42. The molecule has 0 fully saturated rings. The number of carbonyl (C=O) groups excluding carboxylic acids is 2. The Morgan fingerprint density at radius 1 is 1.23 bits per heavy atom. The Morgan fingerprint density at radius 3 is 2.71 bits per heavy atom. The van der Waals surface area contributed by atoms with Crippen LogP contribution in [0.4, 0.5) is 5.69 Å². The van der Waals surface area contributed by atoms with Gasteiger partial charge in [-0.05, 0) is 44.2 Å². The molecule has 0 aliphatic rings. The average molecular weight is 443 g/mol. The summed E-state index contributed by atoms with van der Waals surface area (Å²) in [5, 5.41) is 23.4. The molecule has 0 saturated carbocycles. The Bertz CT molecular complexity index is 1080. The fourth-order valence-corrected chi connectivity index (χ4v) is 3.63. The minimum absolute atomic E-state index is 0.0581. The molecular weight excluding hydrogens is 422 g/mol. The largest absolute Gasteiger partial charge is 0.478 e. The lowest BCUT2D eigenvalue weighted by Gasteiger charge is -2.14. The third kappa shape index (κ3) is 5.51. The van der Waals surface area contributed by atoms with Crippen molar-refractivity contribution >= 4 is 35.2 Å². The second kappa shape index (κ2) is 9.94. The molecule has 0 saturated heterocycles. The molecule has 0 aliphatic carbocycles. The molecule has 2 aromatic heterocycles. The van der Waals surface area contributed by atoms with Crippen molar-refractivity contribution in [3.8, 4) is 0 Å². The number of thioether (sulfide) groups is 1. The average Bonchev–Trinajstić information content (AvgIpc) is 3.42. The van der Waals surface area contributed by atoms with Crippen molar-refractivity contribution in [1.82, 2.24) is 20.1 Å². The van der Waals surface area contributed by atoms with Gasteiger partial charge >= 0.3 is 5.97 Å². The molecule has 0 bridgehead atoms. The molecule has 0 aliphatic heterocycles. The van der Waals surface area contributed by atoms with Crippen LogP contribution in [-0.4, -0.2) is 43.4 Å². The molecule has 0 spiro atoms. The Hall–Kier alpha value is -3.60. The van der Waals surface area contributed by atoms with Crippen LogP contribution < -0.4 is 10.6 Å². The van der Waals surface area contributed by atoms with E-state index in [-0.39, 0.29) is 28.9 Å². The molecule has 3 N–H and O–H groups in total. The van der Waals surface area contributed by atoms with Crippen molar-refractivity contribution in [2.24, 2.45) is 0 Å². The highest BCUT2D eigenvalue weighted by molar-refractivity contribution is 7.99. The van der Waals surface area contributed by atoms with E-state index >= 15 is 0 Å². The van der Waals surface area contributed by atoms with E-state index < -0.39 is 12.0 Å². The number of anilines is 1. The van der Waals surface area contributed by atoms with Crippen molar-refractivity contribution < 1.29 is 23.9 Å². The zero-order chi connectivity index (χ0) is 22.4. The first-order valence-corrected chi connectivity index (χ1v) is 10.4. The molecule has 2 amide bonds. The summed E-state index contributed by atoms with van der Waals surface area (Å²) in [5.74, 6) is -0.920. The van der Waals surface area contributed by atoms with Gasteiger partial charge in [-0.1, -0.05) is 17.8 Å². The van der Waals surface area contributed by atoms with E-state index in [0.29, 0.717) is 23.2 Å². The van der Waals surface area contributed by atoms with Crippen LogP contribution in [0.2, 0.25) is 0 Å². The first kappa shape index (κ1) is 22.1. The van der Waals surface area contributed by atoms with Gasteiger partial charge in [0, 0.05) is 12.2 Å². The van der Waals surface area contributed by atoms with Gasteiger partial charge in [0.05, 0.1) is 23.6 Å². The van der Waals surface area contributed by atoms with Crippen LogP contribution in [0.25, 0.3) is 0 Å². The van der Waals surface area contributed by atoms with Crippen LogP contribution >= 0.6 is 11.8 Å². The Morgan fingerprint density at radius 2 is 2.03 bits per heavy atom. The van der Waals surface area contributed by atoms with E-state index in [2.05, 4.69) is 20.8 Å². The lowest BCUT2D eigenvalue weighted by molar-refractivity contribution is -0.113. The fraction of sp³-hybridized carbons (Fsp3) is 0.250. The zero-order valence-electron chi connectivity index (χ0n) is 16.9. The maximum atomic E-state index is 12.3. The number of carboxylic acids is 1. The van der Waals surface area contributed by atoms with Crippen molar-refractivity contribution in [1.29, 1.82) is 0 Å². The summed E-state index contributed by atoms with van der Waals surface area (Å²) in [7, 11) is 0. The number of nitrogens with zero attached hydrogens (tertiary/aromatic N) is 3. The van der Waals surface area contributed by atoms with Gasteiger partial charge in [0.25, 0.3) is 5.91 Å². The van der Waals surface area contributed by atoms with Gasteiger partial charge in [0.15, 0.2) is 16.7 Å². The summed E-state index contributed by atoms with van der Waals surface area (Å²) in [6.45, 7) is 4.25. The predicted molar refractivity (Wildman–Crippen MR) is 113 cm³/mol. The van der Waals surface area contributed by atoms with Gasteiger partial charge in [0.1, 0.15) is 0 Å². The maximum absolute atomic E-state index is 12.3. The highest BCUT2D eigenvalue weighted by atomic mass is 32.2. The summed E-state index contributed by atoms with van der Waals surface area (Å²) in [5.41, 5.74) is 0.490. The van der Waals surface area contributed by atoms with Crippen molar-refractivity contribution in [2.75, 3.05) is 11.1 Å². The third-order valence-corrected chi connectivity index (χ3v) is 5.23. The quantitative estimate of drug-likeness (QED) is 0.429. The zero-order valence-corrected chi connectivity index (χ0v) is 17.7. The molecule has 2 heterocycles. The molecule has 162 valence electrons. The van der Waals surface area contributed by atoms with Gasteiger partial charge in [-0.25, -0.2) is 4.79 Å². The second-order valence-electron chi connectivity index (χ2n) is 6.48. The number of carbonyl (C=O) groups is 3. The minimum Gasteiger partial charge on any atom is -0.478 e. The number of nitrogens with one attached hydrogen (secondary N) is 2. The molecule has 31 heavy (non-hydrogen) atoms. The highest BCUT2D eigenvalue weighted by Crippen LogP contribution is 2.21. The lowest BCUT2D eigenvalue weighted by atomic mass is 10.2. The molecule has 3 rings (SSSR count). The smallest absolute Gasteiger partial charge is 0.335 e. The summed E-state index contributed by atoms with van der Waals surface area (Å²) in [6.07, 6.45) is 1.42. The number of aromatic nitrogens is 3. The number of carboxylic acid groups (broad SMARTS) is 1. The molecule has 0 radical (unpaired) electrons. The topological polar surface area (TPSA) is 139 Å². The van der Waals surface area contributed by atoms with Crippen LogP contribution in [0.5, 0.6) is 0 Å². The normalized spacial score (nSPS) is 11.7. The van der Waals surface area contributed by atoms with E-state index in [1.54, 1.807) is 31.2 Å². The number of furan rings is 1. The van der Waals surface area contributed by atoms with Crippen molar-refractivity contribution in [2.45, 2.75) is 31.6 Å². The number of aromatic carboxylic acids is 1. The number of rotatable bonds is 9. The highest BCUT2D eigenvalue weighted by Gasteiger charge is 2.21. The summed E-state index contributed by atoms with van der Waals surface area (Å²) < 4.78 is 6.91. The number of amides is 2. The molecular formula is C20H21N5O5S. The lowest BCUT2D eigenvalue weighted by Crippen LogP contribution is -2.28. The van der Waals surface area contributed by atoms with Crippen LogP contribution in [0, 0.1) is 0 Å². The number of hydrogen-bond donors (Lipinski definition) is 3. The van der Waals surface area contributed by atoms with Crippen molar-refractivity contribution in [3.05, 3.63) is 59.8 Å². The van der Waals surface area contributed by atoms with E-state index in [9.17, 15) is 14.4 Å². The van der Waals surface area contributed by atoms with E-state index in [4.69, 9.17) is 9.52 Å². The first-order chi connectivity index (χ1) is 14.9. The van der Waals surface area contributed by atoms with Gasteiger partial charge in [-0.3, -0.25) is 9.59 Å². The SMILES string of the molecule is CCn1c(SCC(=O)Nc2cccc(C(=O)O)c2)nnc1[C@H](C)NC(=O)c1ccco1. The van der Waals surface area contributed by atoms with Gasteiger partial charge in [-0.2, -0.15) is 0 Å². The summed E-state index contributed by atoms with van der Waals surface area (Å²) in [6, 6.07) is 8.79. The standard InChI is InChI=1S/C20H21N5O5S/c1-3-25-17(12(2)21-18(27)15-8-5-9-30-15)23-24-20(25)31-11-16(26)22-14-7-4-6-13(10-14)19(28)29/h4-10,12H,3,11H2,1-2H3,(H,21,27)(H,22,26)(H,28,29)/t12-/m0/s1. The van der Waals surface area contributed by atoms with Gasteiger partial charge < -0.3 is 24.7 Å². The Balaban J connectivity index is 1.61. The van der Waals surface area contributed by atoms with Crippen LogP contribution in [0.3, 0.4) is 0 Å². The van der Waals surface area contributed by atoms with Gasteiger partial charge in [-0.15, -0.1) is 10.2 Å². The number of hydrogen-bond acceptors (Lipinski definition) is 7. The van der Waals surface area contributed by atoms with Crippen LogP contribution in [0.1, 0.15) is 46.6 Å². The molecule has 3 aromatic rings. The molecule has 0 unspecified atom stereocenters. The molecule has 10 nitrogen and oxygen atoms in total. The van der Waals surface area contributed by atoms with Crippen molar-refractivity contribution in [3.63, 3.8) is 0 Å². The van der Waals surface area contributed by atoms with E-state index in [0.717, 1.165) is 0 Å². The van der Waals surface area contributed by atoms with Gasteiger partial charge in [0.2, 0.25) is 5.91 Å². The summed E-state index contributed by atoms with van der Waals surface area (Å²) in [4.78, 5) is 35.5. The Kier molecular flexibility index (Phi) is 7.08. The first-order valence-electron chi connectivity index (χ1n) is 9.42. The fourth-order valence-electron chi connectivity index (χ4n) is 2.82. The Labute approximate surface area is 182 Å². The molecule has 1 atom stereocenters. The van der Waals surface area contributed by atoms with E-state index in [1.165, 1.54) is 30.2 Å². The van der Waals surface area contributed by atoms with Crippen LogP contribution in [0.15, 0.2) is 52.2 Å². The molecule has 11 heteroatoms. The van der Waals surface area contributed by atoms with Crippen LogP contribution in [-0.2, 0) is 11.3 Å². The maximum Gasteiger partial charge on any atom is 0.335 e. The van der Waals surface area contributed by atoms with E-state index in [1.807, 2.05) is 11.5 Å². The minimum atomic E-state index is -1.07. The monoisotopic (exact) mass is 443 g/mol.